The van der Waals surface area contributed by atoms with E-state index in [9.17, 15) is 8.42 Å². The Hall–Kier alpha value is -0.660. The number of nitrogens with two attached hydrogens (primary N) is 1. The number of likely N-dealkylation sites (tertiary alicyclic amines) is 1. The average Bonchev–Trinajstić information content (AvgIpc) is 2.41. The number of rotatable bonds is 4. The first-order valence-electron chi connectivity index (χ1n) is 7.73. The molecule has 0 spiro atoms. The highest BCUT2D eigenvalue weighted by atomic mass is 32.2. The second-order valence-corrected chi connectivity index (χ2v) is 8.89. The summed E-state index contributed by atoms with van der Waals surface area (Å²) in [6, 6.07) is 0. The Morgan fingerprint density at radius 3 is 2.48 bits per heavy atom. The molecule has 0 saturated carbocycles. The molecule has 1 unspecified atom stereocenters. The smallest absolute Gasteiger partial charge is 0.211 e. The molecule has 0 bridgehead atoms. The largest absolute Gasteiger partial charge is 0.387 e. The number of amidine groups is 1. The van der Waals surface area contributed by atoms with E-state index in [-0.39, 0.29) is 5.41 Å². The molecule has 6 nitrogen and oxygen atoms in total. The number of nitrogens with one attached hydrogen (secondary N) is 1. The molecule has 0 aromatic carbocycles. The molecule has 21 heavy (non-hydrogen) atoms. The normalized spacial score (nSPS) is 28.4. The van der Waals surface area contributed by atoms with Crippen LogP contribution in [0.15, 0.2) is 0 Å². The molecule has 3 N–H and O–H groups in total. The molecule has 2 fully saturated rings. The van der Waals surface area contributed by atoms with Gasteiger partial charge in [-0.3, -0.25) is 5.41 Å². The van der Waals surface area contributed by atoms with Crippen LogP contribution in [0.4, 0.5) is 0 Å². The summed E-state index contributed by atoms with van der Waals surface area (Å²) in [5, 5.41) is 7.69. The lowest BCUT2D eigenvalue weighted by Gasteiger charge is -2.41. The van der Waals surface area contributed by atoms with Gasteiger partial charge in [0.15, 0.2) is 0 Å². The van der Waals surface area contributed by atoms with E-state index in [0.717, 1.165) is 45.3 Å². The number of hydrogen-bond donors (Lipinski definition) is 2. The van der Waals surface area contributed by atoms with Crippen molar-refractivity contribution >= 4 is 15.9 Å². The van der Waals surface area contributed by atoms with Crippen molar-refractivity contribution in [2.75, 3.05) is 39.0 Å². The quantitative estimate of drug-likeness (QED) is 0.590. The summed E-state index contributed by atoms with van der Waals surface area (Å²) in [7, 11) is -3.06. The van der Waals surface area contributed by atoms with E-state index in [1.165, 1.54) is 6.26 Å². The van der Waals surface area contributed by atoms with Gasteiger partial charge < -0.3 is 10.6 Å². The maximum atomic E-state index is 11.7. The van der Waals surface area contributed by atoms with Gasteiger partial charge in [-0.2, -0.15) is 0 Å². The van der Waals surface area contributed by atoms with Gasteiger partial charge in [-0.1, -0.05) is 6.92 Å². The zero-order valence-corrected chi connectivity index (χ0v) is 14.0. The van der Waals surface area contributed by atoms with Crippen LogP contribution in [-0.2, 0) is 10.0 Å². The van der Waals surface area contributed by atoms with Gasteiger partial charge in [0.1, 0.15) is 0 Å². The lowest BCUT2D eigenvalue weighted by Crippen LogP contribution is -2.48. The highest BCUT2D eigenvalue weighted by Crippen LogP contribution is 2.31. The Balaban J connectivity index is 1.85. The van der Waals surface area contributed by atoms with Crippen molar-refractivity contribution in [3.05, 3.63) is 0 Å². The number of nitrogens with zero attached hydrogens (tertiary/aromatic N) is 2. The summed E-state index contributed by atoms with van der Waals surface area (Å²) in [6.07, 6.45) is 5.20. The van der Waals surface area contributed by atoms with Gasteiger partial charge in [0, 0.05) is 25.0 Å². The van der Waals surface area contributed by atoms with E-state index >= 15 is 0 Å². The fourth-order valence-electron chi connectivity index (χ4n) is 3.34. The second kappa shape index (κ2) is 6.22. The van der Waals surface area contributed by atoms with Crippen LogP contribution in [0.1, 0.15) is 32.6 Å². The third-order valence-electron chi connectivity index (χ3n) is 5.08. The summed E-state index contributed by atoms with van der Waals surface area (Å²) in [4.78, 5) is 2.40. The minimum atomic E-state index is -3.06. The predicted molar refractivity (Wildman–Crippen MR) is 84.8 cm³/mol. The zero-order valence-electron chi connectivity index (χ0n) is 13.1. The molecule has 7 heteroatoms. The molecule has 0 aromatic rings. The van der Waals surface area contributed by atoms with Gasteiger partial charge in [0.05, 0.1) is 12.1 Å². The van der Waals surface area contributed by atoms with Crippen molar-refractivity contribution in [2.45, 2.75) is 32.6 Å². The highest BCUT2D eigenvalue weighted by molar-refractivity contribution is 7.88. The Bertz CT molecular complexity index is 483. The SMILES string of the molecule is CC1(C(=N)N)CCN(CC2CCCN(S(C)(=O)=O)C2)CC1. The molecule has 2 rings (SSSR count). The van der Waals surface area contributed by atoms with E-state index in [1.54, 1.807) is 4.31 Å². The number of sulfonamides is 1. The molecular formula is C14H28N4O2S. The Morgan fingerprint density at radius 1 is 1.33 bits per heavy atom. The number of hydrogen-bond acceptors (Lipinski definition) is 4. The van der Waals surface area contributed by atoms with E-state index < -0.39 is 10.0 Å². The summed E-state index contributed by atoms with van der Waals surface area (Å²) in [5.74, 6) is 0.721. The standard InChI is InChI=1S/C14H28N4O2S/c1-14(13(15)16)5-8-17(9-6-14)10-12-4-3-7-18(11-12)21(2,19)20/h12H,3-11H2,1-2H3,(H3,15,16). The fraction of sp³-hybridized carbons (Fsp3) is 0.929. The Labute approximate surface area is 128 Å². The Morgan fingerprint density at radius 2 is 1.95 bits per heavy atom. The predicted octanol–water partition coefficient (Wildman–Crippen LogP) is 0.696. The van der Waals surface area contributed by atoms with Gasteiger partial charge >= 0.3 is 0 Å². The molecule has 1 atom stereocenters. The second-order valence-electron chi connectivity index (χ2n) is 6.90. The van der Waals surface area contributed by atoms with Crippen molar-refractivity contribution in [1.29, 1.82) is 5.41 Å². The third-order valence-corrected chi connectivity index (χ3v) is 6.35. The third kappa shape index (κ3) is 4.17. The highest BCUT2D eigenvalue weighted by Gasteiger charge is 2.34. The first kappa shape index (κ1) is 16.7. The van der Waals surface area contributed by atoms with Crippen molar-refractivity contribution < 1.29 is 8.42 Å². The van der Waals surface area contributed by atoms with Crippen LogP contribution in [0, 0.1) is 16.7 Å². The molecule has 2 saturated heterocycles. The van der Waals surface area contributed by atoms with Crippen molar-refractivity contribution in [2.24, 2.45) is 17.1 Å². The molecule has 122 valence electrons. The Kier molecular flexibility index (Phi) is 4.95. The van der Waals surface area contributed by atoms with Gasteiger partial charge in [-0.05, 0) is 44.7 Å². The summed E-state index contributed by atoms with van der Waals surface area (Å²) in [6.45, 7) is 6.24. The van der Waals surface area contributed by atoms with E-state index in [0.29, 0.717) is 24.8 Å². The van der Waals surface area contributed by atoms with Gasteiger partial charge in [0.2, 0.25) is 10.0 Å². The van der Waals surface area contributed by atoms with Crippen molar-refractivity contribution in [3.63, 3.8) is 0 Å². The van der Waals surface area contributed by atoms with Crippen LogP contribution < -0.4 is 5.73 Å². The van der Waals surface area contributed by atoms with E-state index in [2.05, 4.69) is 11.8 Å². The monoisotopic (exact) mass is 316 g/mol. The van der Waals surface area contributed by atoms with Crippen LogP contribution >= 0.6 is 0 Å². The summed E-state index contributed by atoms with van der Waals surface area (Å²) in [5.41, 5.74) is 5.54. The van der Waals surface area contributed by atoms with Crippen molar-refractivity contribution in [3.8, 4) is 0 Å². The van der Waals surface area contributed by atoms with Crippen LogP contribution in [0.5, 0.6) is 0 Å². The zero-order chi connectivity index (χ0) is 15.7. The maximum absolute atomic E-state index is 11.7. The van der Waals surface area contributed by atoms with E-state index in [1.807, 2.05) is 0 Å². The van der Waals surface area contributed by atoms with Crippen LogP contribution in [0.2, 0.25) is 0 Å². The lowest BCUT2D eigenvalue weighted by molar-refractivity contribution is 0.122. The summed E-state index contributed by atoms with van der Waals surface area (Å²) >= 11 is 0. The van der Waals surface area contributed by atoms with Crippen LogP contribution in [-0.4, -0.2) is 62.4 Å². The molecule has 2 aliphatic rings. The maximum Gasteiger partial charge on any atom is 0.211 e. The minimum absolute atomic E-state index is 0.151. The molecule has 0 aromatic heterocycles. The first-order valence-corrected chi connectivity index (χ1v) is 9.57. The van der Waals surface area contributed by atoms with E-state index in [4.69, 9.17) is 11.1 Å². The molecule has 2 heterocycles. The molecular weight excluding hydrogens is 288 g/mol. The van der Waals surface area contributed by atoms with Gasteiger partial charge in [0.25, 0.3) is 0 Å². The topological polar surface area (TPSA) is 90.5 Å². The van der Waals surface area contributed by atoms with Gasteiger partial charge in [-0.15, -0.1) is 0 Å². The van der Waals surface area contributed by atoms with Crippen molar-refractivity contribution in [1.82, 2.24) is 9.21 Å². The fourth-order valence-corrected chi connectivity index (χ4v) is 4.28. The number of piperidine rings is 2. The van der Waals surface area contributed by atoms with Gasteiger partial charge in [-0.25, -0.2) is 12.7 Å². The van der Waals surface area contributed by atoms with Crippen LogP contribution in [0.3, 0.4) is 0 Å². The molecule has 0 radical (unpaired) electrons. The average molecular weight is 316 g/mol. The minimum Gasteiger partial charge on any atom is -0.387 e. The first-order chi connectivity index (χ1) is 9.71. The molecule has 2 aliphatic heterocycles. The van der Waals surface area contributed by atoms with Crippen LogP contribution in [0.25, 0.3) is 0 Å². The lowest BCUT2D eigenvalue weighted by atomic mass is 9.79. The summed E-state index contributed by atoms with van der Waals surface area (Å²) < 4.78 is 24.9. The molecule has 0 amide bonds. The molecule has 0 aliphatic carbocycles.